The lowest BCUT2D eigenvalue weighted by Crippen LogP contribution is -2.37. The molecule has 0 aliphatic carbocycles. The van der Waals surface area contributed by atoms with E-state index in [2.05, 4.69) is 9.88 Å². The molecule has 2 aliphatic heterocycles. The van der Waals surface area contributed by atoms with Gasteiger partial charge in [-0.1, -0.05) is 6.07 Å². The Hall–Kier alpha value is -1.62. The Morgan fingerprint density at radius 1 is 1.44 bits per heavy atom. The van der Waals surface area contributed by atoms with Crippen LogP contribution >= 0.6 is 0 Å². The summed E-state index contributed by atoms with van der Waals surface area (Å²) in [7, 11) is 1.79. The number of likely N-dealkylation sites (N-methyl/N-ethyl adjacent to an activating group) is 1. The second kappa shape index (κ2) is 4.24. The second-order valence-electron chi connectivity index (χ2n) is 5.19. The number of rotatable bonds is 2. The molecule has 0 bridgehead atoms. The third-order valence-corrected chi connectivity index (χ3v) is 3.65. The number of hydrogen-bond donors (Lipinski definition) is 0. The average Bonchev–Trinajstić information content (AvgIpc) is 2.85. The third kappa shape index (κ3) is 2.06. The number of nitrogens with zero attached hydrogens (tertiary/aromatic N) is 3. The van der Waals surface area contributed by atoms with Crippen LogP contribution in [-0.2, 0) is 11.3 Å². The number of pyridine rings is 1. The summed E-state index contributed by atoms with van der Waals surface area (Å²) in [5.41, 5.74) is 0.771. The number of ether oxygens (including phenoxy) is 1. The zero-order valence-electron chi connectivity index (χ0n) is 10.5. The van der Waals surface area contributed by atoms with Gasteiger partial charge in [0.25, 0.3) is 0 Å². The smallest absolute Gasteiger partial charge is 0.410 e. The molecule has 1 aromatic rings. The maximum absolute atomic E-state index is 11.5. The van der Waals surface area contributed by atoms with E-state index in [4.69, 9.17) is 4.74 Å². The maximum atomic E-state index is 11.5. The van der Waals surface area contributed by atoms with Crippen molar-refractivity contribution in [2.75, 3.05) is 26.7 Å². The normalized spacial score (nSPS) is 28.1. The number of carbonyl (C=O) groups is 1. The monoisotopic (exact) mass is 247 g/mol. The van der Waals surface area contributed by atoms with Gasteiger partial charge in [-0.3, -0.25) is 9.88 Å². The summed E-state index contributed by atoms with van der Waals surface area (Å²) in [6.45, 7) is 3.28. The Morgan fingerprint density at radius 3 is 3.00 bits per heavy atom. The SMILES string of the molecule is CN1C[C@@]2(CCN(Cc3ccccn3)C2)OC1=O. The van der Waals surface area contributed by atoms with Crippen molar-refractivity contribution in [2.24, 2.45) is 0 Å². The molecule has 2 aliphatic rings. The van der Waals surface area contributed by atoms with Crippen LogP contribution < -0.4 is 0 Å². The zero-order chi connectivity index (χ0) is 12.6. The molecule has 0 saturated carbocycles. The van der Waals surface area contributed by atoms with Crippen LogP contribution in [0, 0.1) is 0 Å². The molecule has 0 N–H and O–H groups in total. The molecule has 0 unspecified atom stereocenters. The molecule has 3 heterocycles. The molecule has 2 saturated heterocycles. The Labute approximate surface area is 106 Å². The fourth-order valence-corrected chi connectivity index (χ4v) is 2.79. The molecule has 3 rings (SSSR count). The first-order chi connectivity index (χ1) is 8.67. The van der Waals surface area contributed by atoms with Crippen molar-refractivity contribution in [1.82, 2.24) is 14.8 Å². The summed E-state index contributed by atoms with van der Waals surface area (Å²) in [6, 6.07) is 5.94. The summed E-state index contributed by atoms with van der Waals surface area (Å²) >= 11 is 0. The average molecular weight is 247 g/mol. The second-order valence-corrected chi connectivity index (χ2v) is 5.19. The maximum Gasteiger partial charge on any atom is 0.410 e. The van der Waals surface area contributed by atoms with Crippen LogP contribution in [0.2, 0.25) is 0 Å². The number of carbonyl (C=O) groups excluding carboxylic acids is 1. The predicted octanol–water partition coefficient (Wildman–Crippen LogP) is 1.11. The van der Waals surface area contributed by atoms with E-state index in [0.717, 1.165) is 31.7 Å². The Kier molecular flexibility index (Phi) is 2.70. The molecule has 5 heteroatoms. The molecule has 0 aromatic carbocycles. The highest BCUT2D eigenvalue weighted by atomic mass is 16.6. The molecule has 1 atom stereocenters. The fourth-order valence-electron chi connectivity index (χ4n) is 2.79. The Morgan fingerprint density at radius 2 is 2.33 bits per heavy atom. The number of amides is 1. The molecule has 1 aromatic heterocycles. The van der Waals surface area contributed by atoms with Gasteiger partial charge in [0.1, 0.15) is 5.60 Å². The van der Waals surface area contributed by atoms with E-state index in [1.165, 1.54) is 0 Å². The highest BCUT2D eigenvalue weighted by Gasteiger charge is 2.48. The standard InChI is InChI=1S/C13H17N3O2/c1-15-9-13(18-12(15)17)5-7-16(10-13)8-11-4-2-3-6-14-11/h2-4,6H,5,7-10H2,1H3/t13-/m1/s1. The number of aromatic nitrogens is 1. The van der Waals surface area contributed by atoms with Gasteiger partial charge in [-0.05, 0) is 12.1 Å². The summed E-state index contributed by atoms with van der Waals surface area (Å²) in [5.74, 6) is 0. The summed E-state index contributed by atoms with van der Waals surface area (Å²) < 4.78 is 5.51. The van der Waals surface area contributed by atoms with E-state index in [9.17, 15) is 4.79 Å². The molecule has 5 nitrogen and oxygen atoms in total. The van der Waals surface area contributed by atoms with Crippen molar-refractivity contribution in [1.29, 1.82) is 0 Å². The molecular formula is C13H17N3O2. The van der Waals surface area contributed by atoms with Gasteiger partial charge >= 0.3 is 6.09 Å². The topological polar surface area (TPSA) is 45.7 Å². The minimum atomic E-state index is -0.291. The molecule has 0 radical (unpaired) electrons. The van der Waals surface area contributed by atoms with Crippen LogP contribution in [-0.4, -0.2) is 53.2 Å². The van der Waals surface area contributed by atoms with E-state index in [1.54, 1.807) is 11.9 Å². The van der Waals surface area contributed by atoms with Crippen LogP contribution in [0.15, 0.2) is 24.4 Å². The first-order valence-corrected chi connectivity index (χ1v) is 6.23. The largest absolute Gasteiger partial charge is 0.439 e. The molecule has 18 heavy (non-hydrogen) atoms. The van der Waals surface area contributed by atoms with Crippen molar-refractivity contribution in [3.8, 4) is 0 Å². The van der Waals surface area contributed by atoms with Gasteiger partial charge in [0.15, 0.2) is 0 Å². The van der Waals surface area contributed by atoms with Gasteiger partial charge in [-0.25, -0.2) is 4.79 Å². The summed E-state index contributed by atoms with van der Waals surface area (Å²) in [5, 5.41) is 0. The van der Waals surface area contributed by atoms with E-state index in [-0.39, 0.29) is 11.7 Å². The van der Waals surface area contributed by atoms with Crippen molar-refractivity contribution < 1.29 is 9.53 Å². The number of likely N-dealkylation sites (tertiary alicyclic amines) is 1. The lowest BCUT2D eigenvalue weighted by molar-refractivity contribution is 0.0626. The lowest BCUT2D eigenvalue weighted by Gasteiger charge is -2.21. The van der Waals surface area contributed by atoms with Crippen LogP contribution in [0.4, 0.5) is 4.79 Å². The molecule has 96 valence electrons. The molecular weight excluding hydrogens is 230 g/mol. The molecule has 1 amide bonds. The first kappa shape index (κ1) is 11.5. The number of hydrogen-bond acceptors (Lipinski definition) is 4. The first-order valence-electron chi connectivity index (χ1n) is 6.23. The Bertz CT molecular complexity index is 451. The van der Waals surface area contributed by atoms with E-state index in [1.807, 2.05) is 24.4 Å². The van der Waals surface area contributed by atoms with Gasteiger partial charge in [0.05, 0.1) is 12.2 Å². The third-order valence-electron chi connectivity index (χ3n) is 3.65. The van der Waals surface area contributed by atoms with Crippen LogP contribution in [0.5, 0.6) is 0 Å². The molecule has 1 spiro atoms. The van der Waals surface area contributed by atoms with Gasteiger partial charge in [-0.15, -0.1) is 0 Å². The van der Waals surface area contributed by atoms with Crippen molar-refractivity contribution in [2.45, 2.75) is 18.6 Å². The Balaban J connectivity index is 1.64. The van der Waals surface area contributed by atoms with Gasteiger partial charge in [-0.2, -0.15) is 0 Å². The van der Waals surface area contributed by atoms with E-state index >= 15 is 0 Å². The zero-order valence-corrected chi connectivity index (χ0v) is 10.5. The van der Waals surface area contributed by atoms with Crippen LogP contribution in [0.25, 0.3) is 0 Å². The quantitative estimate of drug-likeness (QED) is 0.785. The highest BCUT2D eigenvalue weighted by molar-refractivity contribution is 5.70. The van der Waals surface area contributed by atoms with Crippen LogP contribution in [0.3, 0.4) is 0 Å². The van der Waals surface area contributed by atoms with E-state index in [0.29, 0.717) is 6.54 Å². The predicted molar refractivity (Wildman–Crippen MR) is 66.0 cm³/mol. The summed E-state index contributed by atoms with van der Waals surface area (Å²) in [6.07, 6.45) is 2.52. The van der Waals surface area contributed by atoms with Crippen molar-refractivity contribution in [3.05, 3.63) is 30.1 Å². The van der Waals surface area contributed by atoms with Gasteiger partial charge < -0.3 is 9.64 Å². The van der Waals surface area contributed by atoms with Crippen molar-refractivity contribution >= 4 is 6.09 Å². The minimum absolute atomic E-state index is 0.199. The van der Waals surface area contributed by atoms with Crippen molar-refractivity contribution in [3.63, 3.8) is 0 Å². The minimum Gasteiger partial charge on any atom is -0.439 e. The van der Waals surface area contributed by atoms with Crippen LogP contribution in [0.1, 0.15) is 12.1 Å². The highest BCUT2D eigenvalue weighted by Crippen LogP contribution is 2.32. The van der Waals surface area contributed by atoms with Gasteiger partial charge in [0.2, 0.25) is 0 Å². The lowest BCUT2D eigenvalue weighted by atomic mass is 10.0. The van der Waals surface area contributed by atoms with Gasteiger partial charge in [0, 0.05) is 39.3 Å². The summed E-state index contributed by atoms with van der Waals surface area (Å²) in [4.78, 5) is 19.8. The van der Waals surface area contributed by atoms with E-state index < -0.39 is 0 Å². The fraction of sp³-hybridized carbons (Fsp3) is 0.538. The molecule has 2 fully saturated rings.